The number of para-hydroxylation sites is 1. The van der Waals surface area contributed by atoms with E-state index < -0.39 is 0 Å². The number of fused-ring (bicyclic) bond motifs is 1. The van der Waals surface area contributed by atoms with Gasteiger partial charge in [0.1, 0.15) is 0 Å². The summed E-state index contributed by atoms with van der Waals surface area (Å²) in [6, 6.07) is 8.81. The highest BCUT2D eigenvalue weighted by molar-refractivity contribution is 5.84. The number of aromatic nitrogens is 1. The Morgan fingerprint density at radius 2 is 1.66 bits per heavy atom. The molecule has 4 fully saturated rings. The predicted octanol–water partition coefficient (Wildman–Crippen LogP) is 7.02. The van der Waals surface area contributed by atoms with E-state index in [-0.39, 0.29) is 5.54 Å². The molecule has 32 heavy (non-hydrogen) atoms. The van der Waals surface area contributed by atoms with Gasteiger partial charge in [0.2, 0.25) is 5.91 Å². The molecule has 0 spiro atoms. The minimum atomic E-state index is 0.152. The molecule has 0 aliphatic heterocycles. The average molecular weight is 435 g/mol. The Bertz CT molecular complexity index is 891. The van der Waals surface area contributed by atoms with Crippen molar-refractivity contribution in [1.82, 2.24) is 9.88 Å². The van der Waals surface area contributed by atoms with Crippen LogP contribution in [0.25, 0.3) is 10.9 Å². The third-order valence-electron chi connectivity index (χ3n) is 8.67. The summed E-state index contributed by atoms with van der Waals surface area (Å²) in [4.78, 5) is 12.9. The van der Waals surface area contributed by atoms with Gasteiger partial charge in [0.15, 0.2) is 0 Å². The zero-order valence-electron chi connectivity index (χ0n) is 20.1. The second-order valence-corrected chi connectivity index (χ2v) is 11.4. The molecule has 2 aromatic rings. The van der Waals surface area contributed by atoms with E-state index in [1.165, 1.54) is 87.1 Å². The maximum atomic E-state index is 12.9. The summed E-state index contributed by atoms with van der Waals surface area (Å²) in [7, 11) is 0. The Hall–Kier alpha value is -1.77. The molecule has 0 atom stereocenters. The number of aryl methyl sites for hydroxylation is 2. The Balaban J connectivity index is 1.15. The van der Waals surface area contributed by atoms with Crippen molar-refractivity contribution in [1.29, 1.82) is 0 Å². The number of hydrogen-bond donors (Lipinski definition) is 1. The van der Waals surface area contributed by atoms with Gasteiger partial charge in [0.25, 0.3) is 0 Å². The summed E-state index contributed by atoms with van der Waals surface area (Å²) >= 11 is 0. The Morgan fingerprint density at radius 1 is 0.969 bits per heavy atom. The minimum absolute atomic E-state index is 0.152. The van der Waals surface area contributed by atoms with Crippen molar-refractivity contribution in [2.45, 2.75) is 109 Å². The molecule has 6 rings (SSSR count). The number of benzene rings is 1. The van der Waals surface area contributed by atoms with Gasteiger partial charge in [-0.25, -0.2) is 0 Å². The summed E-state index contributed by atoms with van der Waals surface area (Å²) < 4.78 is 2.45. The van der Waals surface area contributed by atoms with Crippen LogP contribution in [0.5, 0.6) is 0 Å². The van der Waals surface area contributed by atoms with Crippen LogP contribution in [0.15, 0.2) is 30.5 Å². The topological polar surface area (TPSA) is 34.0 Å². The van der Waals surface area contributed by atoms with Crippen molar-refractivity contribution in [3.63, 3.8) is 0 Å². The lowest BCUT2D eigenvalue weighted by Crippen LogP contribution is -2.59. The normalized spacial score (nSPS) is 28.5. The lowest BCUT2D eigenvalue weighted by Gasteiger charge is -2.56. The van der Waals surface area contributed by atoms with Crippen molar-refractivity contribution in [3.8, 4) is 0 Å². The van der Waals surface area contributed by atoms with Gasteiger partial charge in [-0.15, -0.1) is 0 Å². The average Bonchev–Trinajstić information content (AvgIpc) is 3.10. The molecule has 4 aliphatic carbocycles. The molecule has 1 aromatic heterocycles. The highest BCUT2D eigenvalue weighted by Gasteiger charge is 2.51. The van der Waals surface area contributed by atoms with E-state index in [1.807, 2.05) is 0 Å². The lowest BCUT2D eigenvalue weighted by molar-refractivity contribution is -0.126. The molecule has 3 heteroatoms. The molecule has 4 saturated carbocycles. The first-order chi connectivity index (χ1) is 15.6. The van der Waals surface area contributed by atoms with E-state index in [9.17, 15) is 4.79 Å². The van der Waals surface area contributed by atoms with E-state index in [0.717, 1.165) is 37.1 Å². The third-order valence-corrected chi connectivity index (χ3v) is 8.67. The van der Waals surface area contributed by atoms with Crippen LogP contribution in [-0.2, 0) is 17.8 Å². The van der Waals surface area contributed by atoms with E-state index in [0.29, 0.717) is 12.3 Å². The maximum absolute atomic E-state index is 12.9. The quantitative estimate of drug-likeness (QED) is 0.379. The van der Waals surface area contributed by atoms with Crippen LogP contribution in [0.1, 0.15) is 96.0 Å². The van der Waals surface area contributed by atoms with E-state index in [1.54, 1.807) is 0 Å². The van der Waals surface area contributed by atoms with Gasteiger partial charge in [-0.05, 0) is 87.2 Å². The second kappa shape index (κ2) is 9.61. The van der Waals surface area contributed by atoms with Gasteiger partial charge in [-0.3, -0.25) is 4.79 Å². The smallest absolute Gasteiger partial charge is 0.220 e. The number of unbranched alkanes of at least 4 members (excludes halogenated alkanes) is 4. The minimum Gasteiger partial charge on any atom is -0.351 e. The fourth-order valence-corrected chi connectivity index (χ4v) is 7.65. The molecule has 1 amide bonds. The van der Waals surface area contributed by atoms with E-state index in [4.69, 9.17) is 0 Å². The largest absolute Gasteiger partial charge is 0.351 e. The van der Waals surface area contributed by atoms with Gasteiger partial charge in [0, 0.05) is 35.6 Å². The lowest BCUT2D eigenvalue weighted by atomic mass is 9.53. The second-order valence-electron chi connectivity index (χ2n) is 11.4. The van der Waals surface area contributed by atoms with Gasteiger partial charge in [-0.1, -0.05) is 50.8 Å². The van der Waals surface area contributed by atoms with Crippen LogP contribution in [0.2, 0.25) is 0 Å². The fourth-order valence-electron chi connectivity index (χ4n) is 7.65. The highest BCUT2D eigenvalue weighted by Crippen LogP contribution is 2.55. The SMILES string of the molecule is CCCCCCCn1cc(CCCC(=O)NC23CC4CC(CC(C4)C2)C3)c2ccccc21. The van der Waals surface area contributed by atoms with Crippen molar-refractivity contribution in [2.24, 2.45) is 17.8 Å². The van der Waals surface area contributed by atoms with Crippen molar-refractivity contribution in [2.75, 3.05) is 0 Å². The molecule has 1 N–H and O–H groups in total. The van der Waals surface area contributed by atoms with Crippen LogP contribution in [0.3, 0.4) is 0 Å². The summed E-state index contributed by atoms with van der Waals surface area (Å²) in [5.74, 6) is 2.95. The molecule has 174 valence electrons. The number of hydrogen-bond acceptors (Lipinski definition) is 1. The third kappa shape index (κ3) is 4.77. The number of carbonyl (C=O) groups excluding carboxylic acids is 1. The van der Waals surface area contributed by atoms with Crippen LogP contribution in [0.4, 0.5) is 0 Å². The first-order valence-electron chi connectivity index (χ1n) is 13.5. The molecule has 4 aliphatic rings. The van der Waals surface area contributed by atoms with E-state index >= 15 is 0 Å². The Labute approximate surface area is 194 Å². The molecule has 0 radical (unpaired) electrons. The summed E-state index contributed by atoms with van der Waals surface area (Å²) in [5.41, 5.74) is 2.92. The monoisotopic (exact) mass is 434 g/mol. The van der Waals surface area contributed by atoms with Crippen molar-refractivity contribution < 1.29 is 4.79 Å². The molecule has 1 heterocycles. The number of amides is 1. The van der Waals surface area contributed by atoms with E-state index in [2.05, 4.69) is 47.3 Å². The number of nitrogens with zero attached hydrogens (tertiary/aromatic N) is 1. The molecule has 1 aromatic carbocycles. The van der Waals surface area contributed by atoms with Crippen molar-refractivity contribution in [3.05, 3.63) is 36.0 Å². The maximum Gasteiger partial charge on any atom is 0.220 e. The van der Waals surface area contributed by atoms with Crippen LogP contribution in [0, 0.1) is 17.8 Å². The van der Waals surface area contributed by atoms with Crippen LogP contribution in [-0.4, -0.2) is 16.0 Å². The molecule has 3 nitrogen and oxygen atoms in total. The number of rotatable bonds is 11. The first-order valence-corrected chi connectivity index (χ1v) is 13.5. The number of carbonyl (C=O) groups is 1. The molecule has 0 unspecified atom stereocenters. The molecule has 0 saturated heterocycles. The first kappa shape index (κ1) is 22.0. The summed E-state index contributed by atoms with van der Waals surface area (Å²) in [6.45, 7) is 3.38. The summed E-state index contributed by atoms with van der Waals surface area (Å²) in [5, 5.41) is 4.93. The summed E-state index contributed by atoms with van der Waals surface area (Å²) in [6.07, 6.45) is 19.6. The van der Waals surface area contributed by atoms with Crippen molar-refractivity contribution >= 4 is 16.8 Å². The van der Waals surface area contributed by atoms with Gasteiger partial charge < -0.3 is 9.88 Å². The standard InChI is InChI=1S/C29H42N2O/c1-2-3-4-5-8-14-31-21-25(26-11-6-7-12-27(26)31)10-9-13-28(32)30-29-18-22-15-23(19-29)17-24(16-22)20-29/h6-7,11-12,21-24H,2-5,8-10,13-20H2,1H3,(H,30,32). The molecule has 4 bridgehead atoms. The molecular formula is C29H42N2O. The van der Waals surface area contributed by atoms with Gasteiger partial charge >= 0.3 is 0 Å². The zero-order valence-corrected chi connectivity index (χ0v) is 20.1. The number of nitrogens with one attached hydrogen (secondary N) is 1. The van der Waals surface area contributed by atoms with Crippen LogP contribution >= 0.6 is 0 Å². The fraction of sp³-hybridized carbons (Fsp3) is 0.690. The predicted molar refractivity (Wildman–Crippen MR) is 133 cm³/mol. The van der Waals surface area contributed by atoms with Gasteiger partial charge in [0.05, 0.1) is 0 Å². The van der Waals surface area contributed by atoms with Gasteiger partial charge in [-0.2, -0.15) is 0 Å². The molecular weight excluding hydrogens is 392 g/mol. The Morgan fingerprint density at radius 3 is 2.38 bits per heavy atom. The zero-order chi connectivity index (χ0) is 22.0. The van der Waals surface area contributed by atoms with Crippen LogP contribution < -0.4 is 5.32 Å². The Kier molecular flexibility index (Phi) is 6.62. The highest BCUT2D eigenvalue weighted by atomic mass is 16.1.